The first kappa shape index (κ1) is 18.7. The van der Waals surface area contributed by atoms with Crippen LogP contribution in [0, 0.1) is 13.8 Å². The second kappa shape index (κ2) is 7.63. The number of carbonyl (C=O) groups is 1. The van der Waals surface area contributed by atoms with Crippen molar-refractivity contribution in [1.29, 1.82) is 0 Å². The molecule has 3 rings (SSSR count). The first-order valence-corrected chi connectivity index (χ1v) is 10.2. The Bertz CT molecular complexity index is 1000. The van der Waals surface area contributed by atoms with Gasteiger partial charge in [-0.2, -0.15) is 0 Å². The number of thiophene rings is 1. The Morgan fingerprint density at radius 2 is 1.96 bits per heavy atom. The minimum atomic E-state index is -0.149. The largest absolute Gasteiger partial charge is 0.325 e. The van der Waals surface area contributed by atoms with Crippen LogP contribution in [0.15, 0.2) is 34.2 Å². The molecule has 5 nitrogen and oxygen atoms in total. The quantitative estimate of drug-likeness (QED) is 0.501. The van der Waals surface area contributed by atoms with Gasteiger partial charge in [0, 0.05) is 10.6 Å². The van der Waals surface area contributed by atoms with E-state index in [0.717, 1.165) is 21.0 Å². The first-order valence-electron chi connectivity index (χ1n) is 8.37. The van der Waals surface area contributed by atoms with Gasteiger partial charge in [-0.05, 0) is 43.0 Å². The third-order valence-electron chi connectivity index (χ3n) is 4.22. The van der Waals surface area contributed by atoms with Crippen LogP contribution in [0.25, 0.3) is 10.2 Å². The number of amides is 1. The highest BCUT2D eigenvalue weighted by Gasteiger charge is 2.13. The average Bonchev–Trinajstić information content (AvgIpc) is 2.88. The van der Waals surface area contributed by atoms with Crippen molar-refractivity contribution < 1.29 is 4.79 Å². The molecule has 0 saturated carbocycles. The Morgan fingerprint density at radius 3 is 2.62 bits per heavy atom. The molecular formula is C19H21N3O2S2. The maximum absolute atomic E-state index is 12.3. The molecule has 0 bridgehead atoms. The lowest BCUT2D eigenvalue weighted by atomic mass is 10.0. The van der Waals surface area contributed by atoms with Crippen molar-refractivity contribution in [3.8, 4) is 0 Å². The molecule has 2 aromatic heterocycles. The molecule has 2 heterocycles. The highest BCUT2D eigenvalue weighted by Crippen LogP contribution is 2.27. The van der Waals surface area contributed by atoms with E-state index >= 15 is 0 Å². The monoisotopic (exact) mass is 387 g/mol. The zero-order valence-electron chi connectivity index (χ0n) is 15.2. The lowest BCUT2D eigenvalue weighted by Crippen LogP contribution is -2.15. The van der Waals surface area contributed by atoms with Crippen molar-refractivity contribution in [2.75, 3.05) is 11.1 Å². The molecule has 26 heavy (non-hydrogen) atoms. The number of rotatable bonds is 5. The first-order chi connectivity index (χ1) is 12.3. The summed E-state index contributed by atoms with van der Waals surface area (Å²) in [5, 5.41) is 3.98. The SMILES string of the molecule is Cc1sc2nc(SCC(=O)Nc3ccc(C(C)C)cc3)[nH]c(=O)c2c1C. The van der Waals surface area contributed by atoms with Crippen LogP contribution in [0.5, 0.6) is 0 Å². The summed E-state index contributed by atoms with van der Waals surface area (Å²) < 4.78 is 0. The van der Waals surface area contributed by atoms with Crippen molar-refractivity contribution in [3.05, 3.63) is 50.6 Å². The van der Waals surface area contributed by atoms with Gasteiger partial charge < -0.3 is 10.3 Å². The zero-order valence-corrected chi connectivity index (χ0v) is 16.8. The Hall–Kier alpha value is -2.12. The van der Waals surface area contributed by atoms with Gasteiger partial charge in [-0.25, -0.2) is 4.98 Å². The Morgan fingerprint density at radius 1 is 1.27 bits per heavy atom. The summed E-state index contributed by atoms with van der Waals surface area (Å²) in [6, 6.07) is 7.84. The van der Waals surface area contributed by atoms with Crippen LogP contribution in [0.3, 0.4) is 0 Å². The van der Waals surface area contributed by atoms with Crippen molar-refractivity contribution in [2.24, 2.45) is 0 Å². The minimum Gasteiger partial charge on any atom is -0.325 e. The predicted octanol–water partition coefficient (Wildman–Crippen LogP) is 4.46. The standard InChI is InChI=1S/C19H21N3O2S2/c1-10(2)13-5-7-14(8-6-13)20-15(23)9-25-19-21-17(24)16-11(3)12(4)26-18(16)22-19/h5-8,10H,9H2,1-4H3,(H,20,23)(H,21,22,24). The van der Waals surface area contributed by atoms with Crippen LogP contribution < -0.4 is 10.9 Å². The number of H-pyrrole nitrogens is 1. The van der Waals surface area contributed by atoms with Crippen LogP contribution in [-0.4, -0.2) is 21.6 Å². The normalized spacial score (nSPS) is 11.3. The number of benzene rings is 1. The molecule has 0 aliphatic heterocycles. The second-order valence-electron chi connectivity index (χ2n) is 6.45. The maximum Gasteiger partial charge on any atom is 0.260 e. The smallest absolute Gasteiger partial charge is 0.260 e. The average molecular weight is 388 g/mol. The number of fused-ring (bicyclic) bond motifs is 1. The van der Waals surface area contributed by atoms with Crippen LogP contribution in [0.2, 0.25) is 0 Å². The highest BCUT2D eigenvalue weighted by molar-refractivity contribution is 7.99. The topological polar surface area (TPSA) is 74.8 Å². The molecule has 7 heteroatoms. The summed E-state index contributed by atoms with van der Waals surface area (Å²) in [6.07, 6.45) is 0. The van der Waals surface area contributed by atoms with E-state index in [0.29, 0.717) is 16.5 Å². The molecule has 1 aromatic carbocycles. The van der Waals surface area contributed by atoms with E-state index in [1.54, 1.807) is 0 Å². The summed E-state index contributed by atoms with van der Waals surface area (Å²) in [5.41, 5.74) is 2.82. The molecule has 136 valence electrons. The number of nitrogens with zero attached hydrogens (tertiary/aromatic N) is 1. The predicted molar refractivity (Wildman–Crippen MR) is 110 cm³/mol. The molecule has 0 aliphatic carbocycles. The van der Waals surface area contributed by atoms with Gasteiger partial charge in [-0.3, -0.25) is 9.59 Å². The van der Waals surface area contributed by atoms with Gasteiger partial charge in [0.2, 0.25) is 5.91 Å². The molecular weight excluding hydrogens is 366 g/mol. The number of aromatic amines is 1. The summed E-state index contributed by atoms with van der Waals surface area (Å²) in [5.74, 6) is 0.509. The summed E-state index contributed by atoms with van der Waals surface area (Å²) >= 11 is 2.73. The molecule has 0 saturated heterocycles. The maximum atomic E-state index is 12.3. The van der Waals surface area contributed by atoms with Crippen LogP contribution in [0.4, 0.5) is 5.69 Å². The lowest BCUT2D eigenvalue weighted by molar-refractivity contribution is -0.113. The fourth-order valence-corrected chi connectivity index (χ4v) is 4.33. The van der Waals surface area contributed by atoms with E-state index in [4.69, 9.17) is 0 Å². The van der Waals surface area contributed by atoms with E-state index < -0.39 is 0 Å². The molecule has 0 fully saturated rings. The van der Waals surface area contributed by atoms with Crippen LogP contribution >= 0.6 is 23.1 Å². The minimum absolute atomic E-state index is 0.131. The van der Waals surface area contributed by atoms with Gasteiger partial charge in [0.1, 0.15) is 4.83 Å². The van der Waals surface area contributed by atoms with Crippen molar-refractivity contribution in [2.45, 2.75) is 38.8 Å². The fraction of sp³-hybridized carbons (Fsp3) is 0.316. The second-order valence-corrected chi connectivity index (χ2v) is 8.62. The molecule has 0 unspecified atom stereocenters. The number of nitrogens with one attached hydrogen (secondary N) is 2. The van der Waals surface area contributed by atoms with E-state index in [1.165, 1.54) is 28.7 Å². The van der Waals surface area contributed by atoms with E-state index in [-0.39, 0.29) is 17.2 Å². The molecule has 0 aliphatic rings. The number of carbonyl (C=O) groups excluding carboxylic acids is 1. The number of aryl methyl sites for hydroxylation is 2. The van der Waals surface area contributed by atoms with Crippen molar-refractivity contribution in [3.63, 3.8) is 0 Å². The number of anilines is 1. The summed E-state index contributed by atoms with van der Waals surface area (Å²) in [4.78, 5) is 33.5. The molecule has 0 spiro atoms. The zero-order chi connectivity index (χ0) is 18.8. The van der Waals surface area contributed by atoms with Gasteiger partial charge >= 0.3 is 0 Å². The number of thioether (sulfide) groups is 1. The van der Waals surface area contributed by atoms with Gasteiger partial charge in [-0.15, -0.1) is 11.3 Å². The molecule has 0 radical (unpaired) electrons. The summed E-state index contributed by atoms with van der Waals surface area (Å²) in [7, 11) is 0. The Labute approximate surface area is 160 Å². The molecule has 0 atom stereocenters. The molecule has 3 aromatic rings. The number of aromatic nitrogens is 2. The van der Waals surface area contributed by atoms with Crippen molar-refractivity contribution in [1.82, 2.24) is 9.97 Å². The van der Waals surface area contributed by atoms with Gasteiger partial charge in [0.15, 0.2) is 5.16 Å². The van der Waals surface area contributed by atoms with Gasteiger partial charge in [0.05, 0.1) is 11.1 Å². The van der Waals surface area contributed by atoms with E-state index in [9.17, 15) is 9.59 Å². The highest BCUT2D eigenvalue weighted by atomic mass is 32.2. The molecule has 2 N–H and O–H groups in total. The van der Waals surface area contributed by atoms with Gasteiger partial charge in [0.25, 0.3) is 5.56 Å². The number of hydrogen-bond donors (Lipinski definition) is 2. The van der Waals surface area contributed by atoms with Crippen LogP contribution in [-0.2, 0) is 4.79 Å². The number of hydrogen-bond acceptors (Lipinski definition) is 5. The third-order valence-corrected chi connectivity index (χ3v) is 6.19. The van der Waals surface area contributed by atoms with Gasteiger partial charge in [-0.1, -0.05) is 37.7 Å². The van der Waals surface area contributed by atoms with Crippen LogP contribution in [0.1, 0.15) is 35.8 Å². The van der Waals surface area contributed by atoms with E-state index in [1.807, 2.05) is 38.1 Å². The summed E-state index contributed by atoms with van der Waals surface area (Å²) in [6.45, 7) is 8.17. The molecule has 1 amide bonds. The van der Waals surface area contributed by atoms with E-state index in [2.05, 4.69) is 29.1 Å². The third kappa shape index (κ3) is 3.99. The Kier molecular flexibility index (Phi) is 5.48. The lowest BCUT2D eigenvalue weighted by Gasteiger charge is -2.08. The fourth-order valence-electron chi connectivity index (χ4n) is 2.59. The Balaban J connectivity index is 1.66. The van der Waals surface area contributed by atoms with Crippen molar-refractivity contribution >= 4 is 44.9 Å².